The summed E-state index contributed by atoms with van der Waals surface area (Å²) in [4.78, 5) is 2.42. The van der Waals surface area contributed by atoms with E-state index in [1.54, 1.807) is 7.11 Å². The maximum absolute atomic E-state index is 5.42. The van der Waals surface area contributed by atoms with Crippen molar-refractivity contribution < 1.29 is 9.47 Å². The lowest BCUT2D eigenvalue weighted by Crippen LogP contribution is -2.46. The quantitative estimate of drug-likeness (QED) is 0.527. The summed E-state index contributed by atoms with van der Waals surface area (Å²) in [5.41, 5.74) is 0. The Labute approximate surface area is 107 Å². The molecule has 0 rings (SSSR count). The van der Waals surface area contributed by atoms with Crippen molar-refractivity contribution in [3.63, 3.8) is 0 Å². The first-order valence-corrected chi connectivity index (χ1v) is 6.81. The number of hydrogen-bond donors (Lipinski definition) is 1. The fourth-order valence-corrected chi connectivity index (χ4v) is 1.86. The molecule has 4 heteroatoms. The number of nitrogens with one attached hydrogen (secondary N) is 1. The Hall–Kier alpha value is -0.160. The molecule has 17 heavy (non-hydrogen) atoms. The molecule has 1 N–H and O–H groups in total. The predicted octanol–water partition coefficient (Wildman–Crippen LogP) is 1.36. The van der Waals surface area contributed by atoms with E-state index in [1.807, 2.05) is 6.92 Å². The van der Waals surface area contributed by atoms with E-state index in [4.69, 9.17) is 9.47 Å². The van der Waals surface area contributed by atoms with Crippen molar-refractivity contribution >= 4 is 0 Å². The van der Waals surface area contributed by atoms with Gasteiger partial charge in [0, 0.05) is 32.8 Å². The van der Waals surface area contributed by atoms with Gasteiger partial charge < -0.3 is 14.8 Å². The Morgan fingerprint density at radius 3 is 2.53 bits per heavy atom. The summed E-state index contributed by atoms with van der Waals surface area (Å²) in [6.45, 7) is 12.9. The second kappa shape index (κ2) is 12.3. The van der Waals surface area contributed by atoms with Gasteiger partial charge in [-0.25, -0.2) is 0 Å². The Kier molecular flexibility index (Phi) is 12.2. The van der Waals surface area contributed by atoms with Gasteiger partial charge in [0.1, 0.15) is 0 Å². The minimum absolute atomic E-state index is 0.442. The first kappa shape index (κ1) is 16.8. The molecule has 0 aliphatic rings. The van der Waals surface area contributed by atoms with Crippen molar-refractivity contribution in [2.75, 3.05) is 53.1 Å². The smallest absolute Gasteiger partial charge is 0.0630 e. The van der Waals surface area contributed by atoms with Gasteiger partial charge in [-0.3, -0.25) is 4.90 Å². The lowest BCUT2D eigenvalue weighted by atomic mass is 10.2. The van der Waals surface area contributed by atoms with E-state index < -0.39 is 0 Å². The van der Waals surface area contributed by atoms with Crippen LogP contribution in [0, 0.1) is 0 Å². The van der Waals surface area contributed by atoms with E-state index in [0.717, 1.165) is 46.0 Å². The molecule has 0 amide bonds. The van der Waals surface area contributed by atoms with E-state index >= 15 is 0 Å². The summed E-state index contributed by atoms with van der Waals surface area (Å²) in [6.07, 6.45) is 1.17. The van der Waals surface area contributed by atoms with Crippen LogP contribution in [0.2, 0.25) is 0 Å². The molecule has 0 aliphatic heterocycles. The van der Waals surface area contributed by atoms with Crippen LogP contribution in [0.1, 0.15) is 27.2 Å². The molecule has 0 saturated heterocycles. The van der Waals surface area contributed by atoms with Gasteiger partial charge >= 0.3 is 0 Å². The summed E-state index contributed by atoms with van der Waals surface area (Å²) in [7, 11) is 1.77. The first-order chi connectivity index (χ1) is 8.29. The average molecular weight is 246 g/mol. The van der Waals surface area contributed by atoms with Crippen molar-refractivity contribution in [2.45, 2.75) is 33.2 Å². The van der Waals surface area contributed by atoms with Gasteiger partial charge in [-0.2, -0.15) is 0 Å². The number of ether oxygens (including phenoxy) is 2. The molecular weight excluding hydrogens is 216 g/mol. The fraction of sp³-hybridized carbons (Fsp3) is 1.00. The molecule has 104 valence electrons. The van der Waals surface area contributed by atoms with Crippen molar-refractivity contribution in [3.05, 3.63) is 0 Å². The highest BCUT2D eigenvalue weighted by Gasteiger charge is 2.16. The van der Waals surface area contributed by atoms with Crippen LogP contribution in [-0.2, 0) is 9.47 Å². The molecule has 0 aliphatic carbocycles. The zero-order valence-corrected chi connectivity index (χ0v) is 12.0. The second-order valence-corrected chi connectivity index (χ2v) is 4.14. The van der Waals surface area contributed by atoms with Gasteiger partial charge in [0.15, 0.2) is 0 Å². The highest BCUT2D eigenvalue weighted by atomic mass is 16.5. The normalized spacial score (nSPS) is 13.2. The molecule has 0 radical (unpaired) electrons. The maximum atomic E-state index is 5.42. The molecule has 0 bridgehead atoms. The first-order valence-electron chi connectivity index (χ1n) is 6.81. The molecule has 0 aromatic carbocycles. The third-order valence-electron chi connectivity index (χ3n) is 2.82. The van der Waals surface area contributed by atoms with Crippen LogP contribution in [0.4, 0.5) is 0 Å². The Morgan fingerprint density at radius 1 is 1.24 bits per heavy atom. The predicted molar refractivity (Wildman–Crippen MR) is 72.6 cm³/mol. The molecule has 1 atom stereocenters. The standard InChI is InChI=1S/C13H30N2O2/c1-5-8-14-11-13(12-16-4)15(6-2)9-10-17-7-3/h13-14H,5-12H2,1-4H3. The lowest BCUT2D eigenvalue weighted by molar-refractivity contribution is 0.0603. The van der Waals surface area contributed by atoms with Crippen molar-refractivity contribution in [1.82, 2.24) is 10.2 Å². The third-order valence-corrected chi connectivity index (χ3v) is 2.82. The van der Waals surface area contributed by atoms with Gasteiger partial charge in [-0.05, 0) is 26.4 Å². The van der Waals surface area contributed by atoms with E-state index in [1.165, 1.54) is 6.42 Å². The molecule has 4 nitrogen and oxygen atoms in total. The van der Waals surface area contributed by atoms with Crippen LogP contribution in [0.3, 0.4) is 0 Å². The number of methoxy groups -OCH3 is 1. The molecule has 0 spiro atoms. The van der Waals surface area contributed by atoms with Crippen LogP contribution in [0.5, 0.6) is 0 Å². The van der Waals surface area contributed by atoms with Crippen molar-refractivity contribution in [1.29, 1.82) is 0 Å². The zero-order chi connectivity index (χ0) is 12.9. The molecule has 0 aromatic rings. The Balaban J connectivity index is 4.00. The monoisotopic (exact) mass is 246 g/mol. The van der Waals surface area contributed by atoms with Crippen LogP contribution < -0.4 is 5.32 Å². The van der Waals surface area contributed by atoms with Crippen molar-refractivity contribution in [2.24, 2.45) is 0 Å². The van der Waals surface area contributed by atoms with Gasteiger partial charge in [0.2, 0.25) is 0 Å². The van der Waals surface area contributed by atoms with Gasteiger partial charge in [-0.15, -0.1) is 0 Å². The summed E-state index contributed by atoms with van der Waals surface area (Å²) in [5.74, 6) is 0. The third kappa shape index (κ3) is 8.55. The van der Waals surface area contributed by atoms with E-state index in [0.29, 0.717) is 6.04 Å². The number of nitrogens with zero attached hydrogens (tertiary/aromatic N) is 1. The molecule has 0 fully saturated rings. The summed E-state index contributed by atoms with van der Waals surface area (Å²) in [6, 6.07) is 0.442. The van der Waals surface area contributed by atoms with E-state index in [2.05, 4.69) is 24.1 Å². The largest absolute Gasteiger partial charge is 0.383 e. The number of likely N-dealkylation sites (N-methyl/N-ethyl adjacent to an activating group) is 1. The number of hydrogen-bond acceptors (Lipinski definition) is 4. The SMILES string of the molecule is CCCNCC(COC)N(CC)CCOCC. The molecule has 0 heterocycles. The van der Waals surface area contributed by atoms with Gasteiger partial charge in [-0.1, -0.05) is 13.8 Å². The second-order valence-electron chi connectivity index (χ2n) is 4.14. The van der Waals surface area contributed by atoms with E-state index in [-0.39, 0.29) is 0 Å². The summed E-state index contributed by atoms with van der Waals surface area (Å²) in [5, 5.41) is 3.46. The highest BCUT2D eigenvalue weighted by molar-refractivity contribution is 4.73. The topological polar surface area (TPSA) is 33.7 Å². The lowest BCUT2D eigenvalue weighted by Gasteiger charge is -2.30. The Morgan fingerprint density at radius 2 is 2.00 bits per heavy atom. The molecule has 1 unspecified atom stereocenters. The summed E-state index contributed by atoms with van der Waals surface area (Å²) >= 11 is 0. The maximum Gasteiger partial charge on any atom is 0.0630 e. The summed E-state index contributed by atoms with van der Waals surface area (Å²) < 4.78 is 10.7. The average Bonchev–Trinajstić information content (AvgIpc) is 2.34. The van der Waals surface area contributed by atoms with Crippen LogP contribution in [0.25, 0.3) is 0 Å². The van der Waals surface area contributed by atoms with Gasteiger partial charge in [0.05, 0.1) is 13.2 Å². The van der Waals surface area contributed by atoms with Crippen LogP contribution in [-0.4, -0.2) is 64.1 Å². The highest BCUT2D eigenvalue weighted by Crippen LogP contribution is 2.00. The minimum atomic E-state index is 0.442. The zero-order valence-electron chi connectivity index (χ0n) is 12.0. The Bertz CT molecular complexity index is 156. The fourth-order valence-electron chi connectivity index (χ4n) is 1.86. The van der Waals surface area contributed by atoms with Crippen molar-refractivity contribution in [3.8, 4) is 0 Å². The van der Waals surface area contributed by atoms with Gasteiger partial charge in [0.25, 0.3) is 0 Å². The molecular formula is C13H30N2O2. The van der Waals surface area contributed by atoms with E-state index in [9.17, 15) is 0 Å². The van der Waals surface area contributed by atoms with Crippen LogP contribution in [0.15, 0.2) is 0 Å². The molecule has 0 saturated carbocycles. The van der Waals surface area contributed by atoms with Crippen LogP contribution >= 0.6 is 0 Å². The minimum Gasteiger partial charge on any atom is -0.383 e. The number of rotatable bonds is 12. The molecule has 0 aromatic heterocycles.